The van der Waals surface area contributed by atoms with Crippen molar-refractivity contribution in [3.8, 4) is 0 Å². The normalized spacial score (nSPS) is 8.92. The SMILES string of the molecule is C.C.C.C.C.C.C.C.C.CC(=O)OCc1ccc(C=O)o1.CCC(=O)OCc1ccc(C=O)o1.CCCC(=O)OCc1ccc(C=O)o1.CCCCOCc1ccc(C=O)o1.CCCOCc1ccc(C=O)o1.CCOCc1ccc(C=O)o1.COCc1ccc(C=O)o1.Cc1ccc(C=O)o1.O=COCc1ccc(C=O)o1. The number of hydrogen-bond donors (Lipinski definition) is 0. The maximum atomic E-state index is 11.0. The topological polar surface area (TPSA) is 414 Å². The lowest BCUT2D eigenvalue weighted by Gasteiger charge is -2.00. The molecule has 30 heteroatoms. The third-order valence-electron chi connectivity index (χ3n) is 11.7. The molecule has 9 rings (SSSR count). The van der Waals surface area contributed by atoms with Crippen LogP contribution in [-0.4, -0.2) is 108 Å². The number of hydrogen-bond acceptors (Lipinski definition) is 30. The first-order chi connectivity index (χ1) is 50.4. The standard InChI is InChI=1S/C10H12O4.C10H14O3.C9H10O4.C9H12O3.C8H8O4.C8H10O3.C7H6O4.C7H8O3.C6H6O2.9CH4/c1-2-3-10(12)13-7-9-5-4-8(6-11)14-9;1-2-3-6-12-8-10-5-4-9(7-11)13-10;1-2-9(11)12-6-8-4-3-7(5-10)13-8;1-2-5-11-7-9-4-3-8(6-10)12-9;1-6(10)11-5-8-3-2-7(4-9)12-8;1-2-10-6-8-4-3-7(5-9)11-8;8-3-6-1-2-7(11-6)4-10-5-9;1-9-5-7-3-2-6(4-8)10-7;1-5-2-3-6(4-7)8-5;;;;;;;;;/h4-6H,2-3,7H2,1H3;4-5,7H,2-3,6,8H2,1H3;3-5H,2,6H2,1H3;3-4,6H,2,5,7H2,1H3;2-4H,5H2,1H3;3-5H,2,6H2,1H3;1-3,5H,4H2;2-4H,5H2,1H3;2-4H,1H3;9*1H4. The average molecular weight is 1600 g/mol. The van der Waals surface area contributed by atoms with E-state index in [0.717, 1.165) is 44.7 Å². The fourth-order valence-corrected chi connectivity index (χ4v) is 6.85. The number of furan rings is 9. The minimum absolute atomic E-state index is 0. The summed E-state index contributed by atoms with van der Waals surface area (Å²) < 4.78 is 84.0. The fraction of sp³-hybridized carbons (Fsp3) is 0.410. The van der Waals surface area contributed by atoms with Crippen molar-refractivity contribution in [2.24, 2.45) is 0 Å². The number of carbonyl (C=O) groups is 13. The molecular formula is C83H122O30. The van der Waals surface area contributed by atoms with Crippen molar-refractivity contribution in [1.29, 1.82) is 0 Å². The molecule has 9 aromatic heterocycles. The van der Waals surface area contributed by atoms with Crippen molar-refractivity contribution in [3.63, 3.8) is 0 Å². The van der Waals surface area contributed by atoms with Crippen LogP contribution in [0.25, 0.3) is 0 Å². The van der Waals surface area contributed by atoms with E-state index < -0.39 is 0 Å². The Morgan fingerprint density at radius 1 is 0.319 bits per heavy atom. The highest BCUT2D eigenvalue weighted by molar-refractivity contribution is 5.74. The molecule has 30 nitrogen and oxygen atoms in total. The Hall–Kier alpha value is -11.7. The van der Waals surface area contributed by atoms with Crippen LogP contribution in [-0.2, 0) is 110 Å². The number of ether oxygens (including phenoxy) is 8. The molecule has 0 saturated carbocycles. The average Bonchev–Trinajstić information content (AvgIpc) is 1.61. The first kappa shape index (κ1) is 120. The second-order valence-corrected chi connectivity index (χ2v) is 20.1. The summed E-state index contributed by atoms with van der Waals surface area (Å²) in [5, 5.41) is 0. The van der Waals surface area contributed by atoms with E-state index in [4.69, 9.17) is 68.2 Å². The number of carbonyl (C=O) groups excluding carboxylic acids is 13. The highest BCUT2D eigenvalue weighted by Gasteiger charge is 2.09. The number of esters is 3. The lowest BCUT2D eigenvalue weighted by atomic mass is 10.3. The van der Waals surface area contributed by atoms with Crippen LogP contribution in [0.4, 0.5) is 0 Å². The molecule has 0 aromatic carbocycles. The second-order valence-electron chi connectivity index (χ2n) is 20.1. The molecule has 0 fully saturated rings. The molecule has 634 valence electrons. The minimum Gasteiger partial charge on any atom is -0.460 e. The van der Waals surface area contributed by atoms with E-state index in [-0.39, 0.29) is 134 Å². The number of rotatable bonds is 35. The molecule has 0 spiro atoms. The van der Waals surface area contributed by atoms with Gasteiger partial charge in [0.2, 0.25) is 0 Å². The summed E-state index contributed by atoms with van der Waals surface area (Å²) in [6, 6.07) is 29.4. The van der Waals surface area contributed by atoms with Gasteiger partial charge in [-0.3, -0.25) is 62.3 Å². The van der Waals surface area contributed by atoms with E-state index >= 15 is 0 Å². The highest BCUT2D eigenvalue weighted by Crippen LogP contribution is 2.13. The van der Waals surface area contributed by atoms with Gasteiger partial charge in [-0.2, -0.15) is 0 Å². The van der Waals surface area contributed by atoms with Crippen LogP contribution in [0.5, 0.6) is 0 Å². The quantitative estimate of drug-likeness (QED) is 0.0154. The molecule has 0 unspecified atom stereocenters. The van der Waals surface area contributed by atoms with Gasteiger partial charge in [0.25, 0.3) is 6.47 Å². The van der Waals surface area contributed by atoms with Gasteiger partial charge in [0, 0.05) is 46.7 Å². The van der Waals surface area contributed by atoms with Crippen molar-refractivity contribution in [1.82, 2.24) is 0 Å². The number of aryl methyl sites for hydroxylation is 1. The molecule has 0 saturated heterocycles. The minimum atomic E-state index is -0.376. The summed E-state index contributed by atoms with van der Waals surface area (Å²) in [4.78, 5) is 133. The van der Waals surface area contributed by atoms with E-state index in [0.29, 0.717) is 184 Å². The monoisotopic (exact) mass is 1600 g/mol. The molecule has 0 aliphatic carbocycles. The first-order valence-electron chi connectivity index (χ1n) is 31.9. The molecule has 0 N–H and O–H groups in total. The Kier molecular flexibility index (Phi) is 81.5. The highest BCUT2D eigenvalue weighted by atomic mass is 16.6. The lowest BCUT2D eigenvalue weighted by molar-refractivity contribution is -0.146. The Bertz CT molecular complexity index is 3830. The van der Waals surface area contributed by atoms with E-state index in [1.165, 1.54) is 31.2 Å². The molecule has 0 atom stereocenters. The molecule has 113 heavy (non-hydrogen) atoms. The van der Waals surface area contributed by atoms with Gasteiger partial charge >= 0.3 is 17.9 Å². The largest absolute Gasteiger partial charge is 0.460 e. The number of methoxy groups -OCH3 is 1. The van der Waals surface area contributed by atoms with E-state index in [1.807, 2.05) is 20.8 Å². The van der Waals surface area contributed by atoms with Crippen molar-refractivity contribution < 1.29 is 140 Å². The summed E-state index contributed by atoms with van der Waals surface area (Å²) in [7, 11) is 1.57. The number of aldehydes is 9. The lowest BCUT2D eigenvalue weighted by Crippen LogP contribution is -2.02. The molecule has 0 bridgehead atoms. The zero-order valence-electron chi connectivity index (χ0n) is 58.9. The summed E-state index contributed by atoms with van der Waals surface area (Å²) in [6.07, 6.45) is 10.5. The predicted molar refractivity (Wildman–Crippen MR) is 424 cm³/mol. The van der Waals surface area contributed by atoms with E-state index in [2.05, 4.69) is 16.4 Å². The van der Waals surface area contributed by atoms with Crippen molar-refractivity contribution in [2.45, 2.75) is 207 Å². The zero-order valence-corrected chi connectivity index (χ0v) is 58.9. The van der Waals surface area contributed by atoms with Gasteiger partial charge in [0.1, 0.15) is 105 Å². The molecule has 9 aromatic rings. The summed E-state index contributed by atoms with van der Waals surface area (Å²) >= 11 is 0. The fourth-order valence-electron chi connectivity index (χ4n) is 6.85. The molecule has 0 amide bonds. The van der Waals surface area contributed by atoms with Crippen LogP contribution >= 0.6 is 0 Å². The van der Waals surface area contributed by atoms with Crippen LogP contribution in [0.1, 0.15) is 294 Å². The Labute approximate surface area is 664 Å². The van der Waals surface area contributed by atoms with Gasteiger partial charge in [-0.25, -0.2) is 0 Å². The van der Waals surface area contributed by atoms with Crippen LogP contribution in [0.15, 0.2) is 149 Å². The predicted octanol–water partition coefficient (Wildman–Crippen LogP) is 19.8. The van der Waals surface area contributed by atoms with Gasteiger partial charge in [0.05, 0.1) is 0 Å². The summed E-state index contributed by atoms with van der Waals surface area (Å²) in [6.45, 7) is 17.3. The first-order valence-corrected chi connectivity index (χ1v) is 31.9. The van der Waals surface area contributed by atoms with Gasteiger partial charge in [-0.15, -0.1) is 0 Å². The van der Waals surface area contributed by atoms with Crippen molar-refractivity contribution in [3.05, 3.63) is 213 Å². The Morgan fingerprint density at radius 2 is 0.602 bits per heavy atom. The third kappa shape index (κ3) is 57.9. The van der Waals surface area contributed by atoms with Crippen LogP contribution < -0.4 is 0 Å². The molecule has 9 heterocycles. The third-order valence-corrected chi connectivity index (χ3v) is 11.7. The van der Waals surface area contributed by atoms with Crippen molar-refractivity contribution >= 4 is 81.0 Å². The van der Waals surface area contributed by atoms with Gasteiger partial charge < -0.3 is 77.6 Å². The number of unbranched alkanes of at least 4 members (excludes halogenated alkanes) is 1. The summed E-state index contributed by atoms with van der Waals surface area (Å²) in [5.74, 6) is 7.23. The van der Waals surface area contributed by atoms with Gasteiger partial charge in [0.15, 0.2) is 108 Å². The summed E-state index contributed by atoms with van der Waals surface area (Å²) in [5.41, 5.74) is 0. The van der Waals surface area contributed by atoms with Gasteiger partial charge in [-0.1, -0.05) is 101 Å². The maximum absolute atomic E-state index is 11.0. The maximum Gasteiger partial charge on any atom is 0.306 e. The van der Waals surface area contributed by atoms with Crippen LogP contribution in [0, 0.1) is 6.92 Å². The molecular weight excluding hydrogens is 1480 g/mol. The van der Waals surface area contributed by atoms with Crippen molar-refractivity contribution in [2.75, 3.05) is 26.9 Å². The van der Waals surface area contributed by atoms with Crippen LogP contribution in [0.3, 0.4) is 0 Å². The Balaban J connectivity index is -0.000000153. The molecule has 0 aliphatic rings. The second kappa shape index (κ2) is 77.0. The smallest absolute Gasteiger partial charge is 0.306 e. The van der Waals surface area contributed by atoms with Crippen LogP contribution in [0.2, 0.25) is 0 Å². The Morgan fingerprint density at radius 3 is 0.850 bits per heavy atom. The zero-order chi connectivity index (χ0) is 77.0. The molecule has 0 radical (unpaired) electrons. The molecule has 0 aliphatic heterocycles. The van der Waals surface area contributed by atoms with Gasteiger partial charge in [-0.05, 0) is 142 Å². The van der Waals surface area contributed by atoms with E-state index in [9.17, 15) is 62.3 Å². The van der Waals surface area contributed by atoms with E-state index in [1.54, 1.807) is 106 Å².